The third-order valence-corrected chi connectivity index (χ3v) is 8.68. The summed E-state index contributed by atoms with van der Waals surface area (Å²) in [6.07, 6.45) is 13.7. The van der Waals surface area contributed by atoms with E-state index in [1.165, 1.54) is 44.9 Å². The van der Waals surface area contributed by atoms with Crippen molar-refractivity contribution in [3.8, 4) is 0 Å². The maximum absolute atomic E-state index is 11.9. The van der Waals surface area contributed by atoms with Crippen LogP contribution < -0.4 is 0 Å². The van der Waals surface area contributed by atoms with Crippen LogP contribution in [-0.4, -0.2) is 5.78 Å². The van der Waals surface area contributed by atoms with Crippen LogP contribution in [0.3, 0.4) is 0 Å². The average Bonchev–Trinajstić information content (AvgIpc) is 2.84. The lowest BCUT2D eigenvalue weighted by atomic mass is 9.45. The molecule has 0 radical (unpaired) electrons. The first-order chi connectivity index (χ1) is 10.5. The molecule has 0 spiro atoms. The van der Waals surface area contributed by atoms with Crippen molar-refractivity contribution in [2.24, 2.45) is 34.5 Å². The van der Waals surface area contributed by atoms with Crippen molar-refractivity contribution in [1.82, 2.24) is 0 Å². The molecule has 122 valence electrons. The van der Waals surface area contributed by atoms with Crippen LogP contribution >= 0.6 is 0 Å². The number of allylic oxidation sites excluding steroid dienone is 2. The van der Waals surface area contributed by atoms with Gasteiger partial charge in [0.1, 0.15) is 5.78 Å². The Labute approximate surface area is 135 Å². The third-order valence-electron chi connectivity index (χ3n) is 8.68. The summed E-state index contributed by atoms with van der Waals surface area (Å²) in [6, 6.07) is 0. The predicted octanol–water partition coefficient (Wildman–Crippen LogP) is 5.54. The quantitative estimate of drug-likeness (QED) is 0.536. The minimum Gasteiger partial charge on any atom is -0.300 e. The Morgan fingerprint density at radius 1 is 1.00 bits per heavy atom. The van der Waals surface area contributed by atoms with Gasteiger partial charge in [-0.2, -0.15) is 0 Å². The second kappa shape index (κ2) is 4.95. The van der Waals surface area contributed by atoms with Crippen molar-refractivity contribution in [3.63, 3.8) is 0 Å². The second-order valence-electron chi connectivity index (χ2n) is 9.21. The predicted molar refractivity (Wildman–Crippen MR) is 90.5 cm³/mol. The van der Waals surface area contributed by atoms with Crippen molar-refractivity contribution in [2.45, 2.75) is 78.6 Å². The molecule has 0 aliphatic heterocycles. The molecule has 4 rings (SSSR count). The molecule has 4 saturated carbocycles. The van der Waals surface area contributed by atoms with Gasteiger partial charge < -0.3 is 0 Å². The van der Waals surface area contributed by atoms with Crippen LogP contribution in [0.15, 0.2) is 11.6 Å². The van der Waals surface area contributed by atoms with Crippen LogP contribution in [0.4, 0.5) is 0 Å². The maximum atomic E-state index is 11.9. The highest BCUT2D eigenvalue weighted by Gasteiger charge is 2.58. The molecule has 22 heavy (non-hydrogen) atoms. The molecule has 0 bridgehead atoms. The molecule has 4 aliphatic rings. The number of rotatable bonds is 0. The Balaban J connectivity index is 1.65. The van der Waals surface area contributed by atoms with Gasteiger partial charge in [0, 0.05) is 12.8 Å². The highest BCUT2D eigenvalue weighted by molar-refractivity contribution is 5.79. The molecule has 0 amide bonds. The molecule has 1 heteroatoms. The zero-order valence-corrected chi connectivity index (χ0v) is 14.7. The van der Waals surface area contributed by atoms with Gasteiger partial charge in [-0.1, -0.05) is 25.5 Å². The summed E-state index contributed by atoms with van der Waals surface area (Å²) in [7, 11) is 0. The summed E-state index contributed by atoms with van der Waals surface area (Å²) in [5.41, 5.74) is 2.72. The average molecular weight is 300 g/mol. The van der Waals surface area contributed by atoms with Crippen LogP contribution in [0.1, 0.15) is 78.6 Å². The summed E-state index contributed by atoms with van der Waals surface area (Å²) in [5.74, 6) is 3.99. The van der Waals surface area contributed by atoms with Gasteiger partial charge in [0.05, 0.1) is 0 Å². The molecule has 4 fully saturated rings. The van der Waals surface area contributed by atoms with Crippen molar-refractivity contribution in [1.29, 1.82) is 0 Å². The van der Waals surface area contributed by atoms with Gasteiger partial charge in [-0.3, -0.25) is 4.79 Å². The molecule has 0 saturated heterocycles. The third kappa shape index (κ3) is 1.86. The fourth-order valence-corrected chi connectivity index (χ4v) is 7.37. The van der Waals surface area contributed by atoms with E-state index in [1.54, 1.807) is 5.57 Å². The van der Waals surface area contributed by atoms with Gasteiger partial charge in [0.15, 0.2) is 0 Å². The van der Waals surface area contributed by atoms with Crippen LogP contribution in [0.25, 0.3) is 0 Å². The highest BCUT2D eigenvalue weighted by atomic mass is 16.1. The van der Waals surface area contributed by atoms with Crippen LogP contribution in [-0.2, 0) is 4.79 Å². The number of Topliss-reactive ketones (excluding diaryl/α,β-unsaturated/α-hetero) is 1. The molecular formula is C21H32O. The Morgan fingerprint density at radius 2 is 1.82 bits per heavy atom. The molecule has 3 unspecified atom stereocenters. The van der Waals surface area contributed by atoms with Gasteiger partial charge in [-0.05, 0) is 86.4 Å². The van der Waals surface area contributed by atoms with E-state index < -0.39 is 0 Å². The number of hydrogen-bond donors (Lipinski definition) is 0. The molecule has 4 aliphatic carbocycles. The fraction of sp³-hybridized carbons (Fsp3) is 0.857. The highest BCUT2D eigenvalue weighted by Crippen LogP contribution is 2.67. The standard InChI is InChI=1S/C21H32O/c1-4-14-6-8-18-17-7-5-15-13-16(22)9-11-21(15,3)19(17)10-12-20(14,18)2/h4,15,17-19H,5-13H2,1-3H3/t15-,17?,18?,19?,20-,21+/m1/s1. The molecule has 0 heterocycles. The van der Waals surface area contributed by atoms with Crippen LogP contribution in [0, 0.1) is 34.5 Å². The van der Waals surface area contributed by atoms with Gasteiger partial charge >= 0.3 is 0 Å². The molecular weight excluding hydrogens is 268 g/mol. The topological polar surface area (TPSA) is 17.1 Å². The Hall–Kier alpha value is -0.590. The normalized spacial score (nSPS) is 53.0. The van der Waals surface area contributed by atoms with Gasteiger partial charge in [-0.25, -0.2) is 0 Å². The number of hydrogen-bond acceptors (Lipinski definition) is 1. The van der Waals surface area contributed by atoms with Crippen molar-refractivity contribution in [3.05, 3.63) is 11.6 Å². The first-order valence-corrected chi connectivity index (χ1v) is 9.66. The summed E-state index contributed by atoms with van der Waals surface area (Å²) in [6.45, 7) is 7.37. The first-order valence-electron chi connectivity index (χ1n) is 9.66. The van der Waals surface area contributed by atoms with Gasteiger partial charge in [0.25, 0.3) is 0 Å². The summed E-state index contributed by atoms with van der Waals surface area (Å²) < 4.78 is 0. The Kier molecular flexibility index (Phi) is 3.37. The lowest BCUT2D eigenvalue weighted by Gasteiger charge is -2.59. The fourth-order valence-electron chi connectivity index (χ4n) is 7.37. The molecule has 0 aromatic heterocycles. The van der Waals surface area contributed by atoms with E-state index in [1.807, 2.05) is 0 Å². The Morgan fingerprint density at radius 3 is 2.59 bits per heavy atom. The molecule has 0 aromatic rings. The number of carbonyl (C=O) groups excluding carboxylic acids is 1. The van der Waals surface area contributed by atoms with E-state index in [0.717, 1.165) is 30.6 Å². The van der Waals surface area contributed by atoms with E-state index in [4.69, 9.17) is 0 Å². The van der Waals surface area contributed by atoms with E-state index in [-0.39, 0.29) is 0 Å². The van der Waals surface area contributed by atoms with E-state index in [9.17, 15) is 4.79 Å². The minimum absolute atomic E-state index is 0.469. The second-order valence-corrected chi connectivity index (χ2v) is 9.21. The van der Waals surface area contributed by atoms with E-state index in [2.05, 4.69) is 26.8 Å². The first kappa shape index (κ1) is 15.0. The zero-order chi connectivity index (χ0) is 15.5. The lowest BCUT2D eigenvalue weighted by molar-refractivity contribution is -0.136. The van der Waals surface area contributed by atoms with E-state index >= 15 is 0 Å². The van der Waals surface area contributed by atoms with Crippen LogP contribution in [0.5, 0.6) is 0 Å². The number of carbonyl (C=O) groups is 1. The van der Waals surface area contributed by atoms with Gasteiger partial charge in [-0.15, -0.1) is 0 Å². The minimum atomic E-state index is 0.469. The smallest absolute Gasteiger partial charge is 0.133 e. The van der Waals surface area contributed by atoms with Crippen molar-refractivity contribution >= 4 is 5.78 Å². The molecule has 6 atom stereocenters. The van der Waals surface area contributed by atoms with E-state index in [0.29, 0.717) is 22.5 Å². The zero-order valence-electron chi connectivity index (χ0n) is 14.7. The van der Waals surface area contributed by atoms with Gasteiger partial charge in [0.2, 0.25) is 0 Å². The number of ketones is 1. The largest absolute Gasteiger partial charge is 0.300 e. The van der Waals surface area contributed by atoms with Crippen molar-refractivity contribution in [2.75, 3.05) is 0 Å². The molecule has 0 N–H and O–H groups in total. The summed E-state index contributed by atoms with van der Waals surface area (Å²) in [5, 5.41) is 0. The number of fused-ring (bicyclic) bond motifs is 5. The van der Waals surface area contributed by atoms with Crippen molar-refractivity contribution < 1.29 is 4.79 Å². The monoisotopic (exact) mass is 300 g/mol. The summed E-state index contributed by atoms with van der Waals surface area (Å²) >= 11 is 0. The lowest BCUT2D eigenvalue weighted by Crippen LogP contribution is -2.52. The maximum Gasteiger partial charge on any atom is 0.133 e. The molecule has 1 nitrogen and oxygen atoms in total. The SMILES string of the molecule is CC=C1CCC2C3CC[C@@H]4CC(=O)CC[C@]4(C)C3CC[C@]12C. The molecule has 0 aromatic carbocycles. The van der Waals surface area contributed by atoms with Crippen LogP contribution in [0.2, 0.25) is 0 Å². The Bertz CT molecular complexity index is 518. The summed E-state index contributed by atoms with van der Waals surface area (Å²) in [4.78, 5) is 11.9.